The number of nitrogens with zero attached hydrogens (tertiary/aromatic N) is 2. The number of rotatable bonds is 3. The van der Waals surface area contributed by atoms with Crippen molar-refractivity contribution in [3.63, 3.8) is 0 Å². The summed E-state index contributed by atoms with van der Waals surface area (Å²) in [6.07, 6.45) is 2.93. The highest BCUT2D eigenvalue weighted by Gasteiger charge is 2.24. The summed E-state index contributed by atoms with van der Waals surface area (Å²) in [5.41, 5.74) is 2.21. The lowest BCUT2D eigenvalue weighted by molar-refractivity contribution is -0.116. The Morgan fingerprint density at radius 2 is 2.29 bits per heavy atom. The van der Waals surface area contributed by atoms with Crippen LogP contribution >= 0.6 is 11.3 Å². The highest BCUT2D eigenvalue weighted by molar-refractivity contribution is 7.16. The number of hydrogen-bond donors (Lipinski definition) is 1. The summed E-state index contributed by atoms with van der Waals surface area (Å²) in [6, 6.07) is 7.14. The molecule has 5 nitrogen and oxygen atoms in total. The number of thiophene rings is 1. The van der Waals surface area contributed by atoms with Crippen molar-refractivity contribution in [2.75, 3.05) is 5.32 Å². The first-order chi connectivity index (χ1) is 11.5. The summed E-state index contributed by atoms with van der Waals surface area (Å²) < 4.78 is 1.43. The van der Waals surface area contributed by atoms with Crippen molar-refractivity contribution in [1.82, 2.24) is 4.57 Å². The second kappa shape index (κ2) is 6.62. The van der Waals surface area contributed by atoms with Crippen molar-refractivity contribution in [3.05, 3.63) is 50.3 Å². The van der Waals surface area contributed by atoms with Gasteiger partial charge in [-0.2, -0.15) is 5.26 Å². The number of carbonyl (C=O) groups excluding carboxylic acids is 1. The van der Waals surface area contributed by atoms with E-state index in [9.17, 15) is 14.9 Å². The summed E-state index contributed by atoms with van der Waals surface area (Å²) in [4.78, 5) is 25.4. The van der Waals surface area contributed by atoms with E-state index in [-0.39, 0.29) is 18.0 Å². The van der Waals surface area contributed by atoms with Gasteiger partial charge in [0.05, 0.1) is 5.56 Å². The van der Waals surface area contributed by atoms with Gasteiger partial charge in [0.1, 0.15) is 17.6 Å². The van der Waals surface area contributed by atoms with Crippen LogP contribution in [0.1, 0.15) is 35.0 Å². The second-order valence-electron chi connectivity index (χ2n) is 6.31. The topological polar surface area (TPSA) is 74.9 Å². The molecule has 0 aliphatic heterocycles. The minimum Gasteiger partial charge on any atom is -0.315 e. The molecule has 0 spiro atoms. The number of pyridine rings is 1. The molecule has 0 bridgehead atoms. The lowest BCUT2D eigenvalue weighted by Crippen LogP contribution is -2.28. The largest absolute Gasteiger partial charge is 0.315 e. The van der Waals surface area contributed by atoms with Gasteiger partial charge >= 0.3 is 0 Å². The average Bonchev–Trinajstić information content (AvgIpc) is 2.87. The number of aromatic nitrogens is 1. The molecule has 2 aromatic heterocycles. The zero-order valence-corrected chi connectivity index (χ0v) is 14.6. The Morgan fingerprint density at radius 1 is 1.50 bits per heavy atom. The fourth-order valence-electron chi connectivity index (χ4n) is 3.09. The van der Waals surface area contributed by atoms with Crippen LogP contribution < -0.4 is 10.9 Å². The molecular weight excluding hydrogens is 322 g/mol. The maximum Gasteiger partial charge on any atom is 0.251 e. The quantitative estimate of drug-likeness (QED) is 0.933. The monoisotopic (exact) mass is 341 g/mol. The van der Waals surface area contributed by atoms with E-state index in [0.29, 0.717) is 16.5 Å². The third-order valence-electron chi connectivity index (χ3n) is 4.45. The highest BCUT2D eigenvalue weighted by Crippen LogP contribution is 2.39. The summed E-state index contributed by atoms with van der Waals surface area (Å²) in [5, 5.41) is 12.9. The van der Waals surface area contributed by atoms with Gasteiger partial charge < -0.3 is 9.88 Å². The van der Waals surface area contributed by atoms with Crippen molar-refractivity contribution in [1.29, 1.82) is 5.26 Å². The van der Waals surface area contributed by atoms with Crippen molar-refractivity contribution in [2.45, 2.75) is 39.7 Å². The molecule has 1 aliphatic rings. The summed E-state index contributed by atoms with van der Waals surface area (Å²) in [6.45, 7) is 3.95. The Bertz CT molecular complexity index is 889. The fourth-order valence-corrected chi connectivity index (χ4v) is 4.47. The number of fused-ring (bicyclic) bond motifs is 1. The molecule has 3 rings (SSSR count). The van der Waals surface area contributed by atoms with Crippen LogP contribution in [-0.2, 0) is 24.2 Å². The SMILES string of the molecule is Cc1cccc(=O)n1CC(=O)Nc1sc2c(c1C#N)CCC(C)C2. The van der Waals surface area contributed by atoms with Gasteiger partial charge in [0.2, 0.25) is 5.91 Å². The van der Waals surface area contributed by atoms with E-state index in [4.69, 9.17) is 0 Å². The molecule has 2 aromatic rings. The Morgan fingerprint density at radius 3 is 3.00 bits per heavy atom. The molecule has 1 N–H and O–H groups in total. The van der Waals surface area contributed by atoms with Crippen LogP contribution in [0.3, 0.4) is 0 Å². The number of carbonyl (C=O) groups is 1. The van der Waals surface area contributed by atoms with Gasteiger partial charge in [-0.25, -0.2) is 0 Å². The number of nitriles is 1. The summed E-state index contributed by atoms with van der Waals surface area (Å²) in [5.74, 6) is 0.325. The molecule has 24 heavy (non-hydrogen) atoms. The maximum absolute atomic E-state index is 12.4. The van der Waals surface area contributed by atoms with Crippen molar-refractivity contribution < 1.29 is 4.79 Å². The zero-order chi connectivity index (χ0) is 17.3. The predicted molar refractivity (Wildman–Crippen MR) is 94.3 cm³/mol. The van der Waals surface area contributed by atoms with Crippen LogP contribution in [0.25, 0.3) is 0 Å². The van der Waals surface area contributed by atoms with Crippen molar-refractivity contribution in [2.24, 2.45) is 5.92 Å². The van der Waals surface area contributed by atoms with Gasteiger partial charge in [0, 0.05) is 16.6 Å². The van der Waals surface area contributed by atoms with E-state index in [2.05, 4.69) is 18.3 Å². The lowest BCUT2D eigenvalue weighted by Gasteiger charge is -2.17. The second-order valence-corrected chi connectivity index (χ2v) is 7.41. The number of amides is 1. The molecule has 124 valence electrons. The molecule has 0 saturated carbocycles. The van der Waals surface area contributed by atoms with Crippen LogP contribution in [-0.4, -0.2) is 10.5 Å². The van der Waals surface area contributed by atoms with E-state index in [1.807, 2.05) is 0 Å². The molecule has 0 aromatic carbocycles. The molecule has 1 unspecified atom stereocenters. The number of anilines is 1. The number of aryl methyl sites for hydroxylation is 1. The van der Waals surface area contributed by atoms with Crippen molar-refractivity contribution in [3.8, 4) is 6.07 Å². The summed E-state index contributed by atoms with van der Waals surface area (Å²) >= 11 is 1.50. The number of nitrogens with one attached hydrogen (secondary N) is 1. The first-order valence-corrected chi connectivity index (χ1v) is 8.82. The van der Waals surface area contributed by atoms with E-state index in [1.165, 1.54) is 26.8 Å². The molecule has 0 radical (unpaired) electrons. The highest BCUT2D eigenvalue weighted by atomic mass is 32.1. The third-order valence-corrected chi connectivity index (χ3v) is 5.62. The van der Waals surface area contributed by atoms with Gasteiger partial charge in [-0.3, -0.25) is 9.59 Å². The molecule has 1 amide bonds. The standard InChI is InChI=1S/C18H19N3O2S/c1-11-6-7-13-14(9-19)18(24-15(13)8-11)20-16(22)10-21-12(2)4-3-5-17(21)23/h3-5,11H,6-8,10H2,1-2H3,(H,20,22). The smallest absolute Gasteiger partial charge is 0.251 e. The van der Waals surface area contributed by atoms with E-state index in [0.717, 1.165) is 30.5 Å². The molecule has 0 saturated heterocycles. The zero-order valence-electron chi connectivity index (χ0n) is 13.8. The van der Waals surface area contributed by atoms with Crippen LogP contribution in [0.2, 0.25) is 0 Å². The first kappa shape index (κ1) is 16.5. The Hall–Kier alpha value is -2.39. The van der Waals surface area contributed by atoms with Crippen molar-refractivity contribution >= 4 is 22.2 Å². The fraction of sp³-hybridized carbons (Fsp3) is 0.389. The van der Waals surface area contributed by atoms with Crippen LogP contribution in [0.15, 0.2) is 23.0 Å². The average molecular weight is 341 g/mol. The van der Waals surface area contributed by atoms with Crippen LogP contribution in [0.5, 0.6) is 0 Å². The van der Waals surface area contributed by atoms with E-state index < -0.39 is 0 Å². The maximum atomic E-state index is 12.4. The normalized spacial score (nSPS) is 16.3. The summed E-state index contributed by atoms with van der Waals surface area (Å²) in [7, 11) is 0. The predicted octanol–water partition coefficient (Wildman–Crippen LogP) is 2.85. The Balaban J connectivity index is 1.83. The van der Waals surface area contributed by atoms with E-state index in [1.54, 1.807) is 19.1 Å². The minimum atomic E-state index is -0.283. The Labute approximate surface area is 144 Å². The molecule has 1 atom stereocenters. The third kappa shape index (κ3) is 3.13. The van der Waals surface area contributed by atoms with E-state index >= 15 is 0 Å². The van der Waals surface area contributed by atoms with Crippen LogP contribution in [0.4, 0.5) is 5.00 Å². The van der Waals surface area contributed by atoms with Gasteiger partial charge in [-0.1, -0.05) is 13.0 Å². The molecule has 2 heterocycles. The number of hydrogen-bond acceptors (Lipinski definition) is 4. The van der Waals surface area contributed by atoms with Crippen LogP contribution in [0, 0.1) is 24.2 Å². The first-order valence-electron chi connectivity index (χ1n) is 8.00. The lowest BCUT2D eigenvalue weighted by atomic mass is 9.89. The van der Waals surface area contributed by atoms with Gasteiger partial charge in [-0.15, -0.1) is 11.3 Å². The van der Waals surface area contributed by atoms with Gasteiger partial charge in [-0.05, 0) is 43.7 Å². The molecule has 6 heteroatoms. The Kier molecular flexibility index (Phi) is 4.54. The molecule has 0 fully saturated rings. The molecule has 1 aliphatic carbocycles. The molecular formula is C18H19N3O2S. The van der Waals surface area contributed by atoms with Gasteiger partial charge in [0.25, 0.3) is 5.56 Å². The minimum absolute atomic E-state index is 0.0463. The van der Waals surface area contributed by atoms with Gasteiger partial charge in [0.15, 0.2) is 0 Å².